The molecule has 3 aromatic rings. The van der Waals surface area contributed by atoms with Crippen LogP contribution in [0.2, 0.25) is 0 Å². The third-order valence-electron chi connectivity index (χ3n) is 3.83. The molecule has 2 aromatic heterocycles. The molecular formula is C18H20N4OS. The molecule has 0 bridgehead atoms. The SMILES string of the molecule is CCc1ccccc1Nc1nc(C)c(C(=O)n2nc(C)cc2C)s1. The normalized spacial score (nSPS) is 10.8. The minimum atomic E-state index is -0.132. The van der Waals surface area contributed by atoms with E-state index < -0.39 is 0 Å². The van der Waals surface area contributed by atoms with Crippen molar-refractivity contribution in [2.24, 2.45) is 0 Å². The quantitative estimate of drug-likeness (QED) is 0.771. The van der Waals surface area contributed by atoms with E-state index in [0.717, 1.165) is 28.6 Å². The highest BCUT2D eigenvalue weighted by Gasteiger charge is 2.19. The molecule has 0 unspecified atom stereocenters. The summed E-state index contributed by atoms with van der Waals surface area (Å²) < 4.78 is 1.44. The van der Waals surface area contributed by atoms with E-state index in [4.69, 9.17) is 0 Å². The van der Waals surface area contributed by atoms with Crippen molar-refractivity contribution in [3.63, 3.8) is 0 Å². The molecule has 3 rings (SSSR count). The molecule has 6 heteroatoms. The van der Waals surface area contributed by atoms with E-state index in [2.05, 4.69) is 28.4 Å². The minimum absolute atomic E-state index is 0.132. The van der Waals surface area contributed by atoms with Crippen LogP contribution in [-0.4, -0.2) is 20.7 Å². The second kappa shape index (κ2) is 6.57. The molecule has 0 aliphatic heterocycles. The van der Waals surface area contributed by atoms with Crippen molar-refractivity contribution in [1.82, 2.24) is 14.8 Å². The van der Waals surface area contributed by atoms with Crippen molar-refractivity contribution in [3.05, 3.63) is 57.9 Å². The molecule has 5 nitrogen and oxygen atoms in total. The summed E-state index contributed by atoms with van der Waals surface area (Å²) in [6, 6.07) is 10.0. The first kappa shape index (κ1) is 16.4. The van der Waals surface area contributed by atoms with Crippen LogP contribution in [0, 0.1) is 20.8 Å². The van der Waals surface area contributed by atoms with Gasteiger partial charge in [-0.25, -0.2) is 9.67 Å². The number of thiazole rings is 1. The van der Waals surface area contributed by atoms with E-state index in [1.807, 2.05) is 45.0 Å². The molecule has 1 N–H and O–H groups in total. The maximum Gasteiger partial charge on any atom is 0.290 e. The number of nitrogens with one attached hydrogen (secondary N) is 1. The van der Waals surface area contributed by atoms with Gasteiger partial charge >= 0.3 is 0 Å². The lowest BCUT2D eigenvalue weighted by Crippen LogP contribution is -2.14. The monoisotopic (exact) mass is 340 g/mol. The number of anilines is 2. The van der Waals surface area contributed by atoms with E-state index in [1.54, 1.807) is 0 Å². The molecule has 124 valence electrons. The van der Waals surface area contributed by atoms with Gasteiger partial charge in [0.05, 0.1) is 11.4 Å². The van der Waals surface area contributed by atoms with Gasteiger partial charge in [0.2, 0.25) is 0 Å². The Morgan fingerprint density at radius 1 is 1.25 bits per heavy atom. The van der Waals surface area contributed by atoms with Gasteiger partial charge in [-0.3, -0.25) is 4.79 Å². The summed E-state index contributed by atoms with van der Waals surface area (Å²) >= 11 is 1.36. The summed E-state index contributed by atoms with van der Waals surface area (Å²) in [5, 5.41) is 8.33. The van der Waals surface area contributed by atoms with Crippen molar-refractivity contribution in [2.45, 2.75) is 34.1 Å². The zero-order valence-corrected chi connectivity index (χ0v) is 15.1. The lowest BCUT2D eigenvalue weighted by molar-refractivity contribution is 0.0945. The Kier molecular flexibility index (Phi) is 4.49. The number of aryl methyl sites for hydroxylation is 4. The first-order valence-corrected chi connectivity index (χ1v) is 8.71. The van der Waals surface area contributed by atoms with Gasteiger partial charge in [-0.2, -0.15) is 5.10 Å². The summed E-state index contributed by atoms with van der Waals surface area (Å²) in [6.07, 6.45) is 0.936. The lowest BCUT2D eigenvalue weighted by Gasteiger charge is -2.07. The Morgan fingerprint density at radius 2 is 2.00 bits per heavy atom. The van der Waals surface area contributed by atoms with E-state index in [0.29, 0.717) is 10.6 Å². The molecule has 0 amide bonds. The fourth-order valence-corrected chi connectivity index (χ4v) is 3.55. The van der Waals surface area contributed by atoms with Crippen LogP contribution in [0.5, 0.6) is 0 Å². The zero-order chi connectivity index (χ0) is 17.3. The number of aromatic nitrogens is 3. The summed E-state index contributed by atoms with van der Waals surface area (Å²) in [5.74, 6) is -0.132. The molecule has 0 saturated heterocycles. The fourth-order valence-electron chi connectivity index (χ4n) is 2.64. The number of carbonyl (C=O) groups excluding carboxylic acids is 1. The smallest absolute Gasteiger partial charge is 0.290 e. The fraction of sp³-hybridized carbons (Fsp3) is 0.278. The number of para-hydroxylation sites is 1. The Morgan fingerprint density at radius 3 is 2.67 bits per heavy atom. The predicted molar refractivity (Wildman–Crippen MR) is 97.4 cm³/mol. The van der Waals surface area contributed by atoms with Gasteiger partial charge in [0.1, 0.15) is 4.88 Å². The Bertz CT molecular complexity index is 894. The Hall–Kier alpha value is -2.47. The van der Waals surface area contributed by atoms with Crippen molar-refractivity contribution in [1.29, 1.82) is 0 Å². The highest BCUT2D eigenvalue weighted by Crippen LogP contribution is 2.28. The van der Waals surface area contributed by atoms with Crippen LogP contribution in [0.1, 0.15) is 39.2 Å². The molecule has 0 aliphatic carbocycles. The van der Waals surface area contributed by atoms with Crippen molar-refractivity contribution in [3.8, 4) is 0 Å². The molecule has 0 saturated carbocycles. The van der Waals surface area contributed by atoms with Gasteiger partial charge in [-0.05, 0) is 44.9 Å². The number of rotatable bonds is 4. The molecule has 1 aromatic carbocycles. The predicted octanol–water partition coefficient (Wildman–Crippen LogP) is 4.26. The van der Waals surface area contributed by atoms with Crippen LogP contribution in [0.25, 0.3) is 0 Å². The first-order chi connectivity index (χ1) is 11.5. The molecule has 0 radical (unpaired) electrons. The van der Waals surface area contributed by atoms with Crippen LogP contribution in [0.15, 0.2) is 30.3 Å². The summed E-state index contributed by atoms with van der Waals surface area (Å²) in [6.45, 7) is 7.73. The Labute approximate surface area is 145 Å². The van der Waals surface area contributed by atoms with Gasteiger partial charge in [-0.15, -0.1) is 0 Å². The van der Waals surface area contributed by atoms with E-state index in [1.165, 1.54) is 21.6 Å². The van der Waals surface area contributed by atoms with E-state index >= 15 is 0 Å². The number of nitrogens with zero attached hydrogens (tertiary/aromatic N) is 3. The third-order valence-corrected chi connectivity index (χ3v) is 4.89. The van der Waals surface area contributed by atoms with Crippen molar-refractivity contribution >= 4 is 28.1 Å². The topological polar surface area (TPSA) is 59.8 Å². The summed E-state index contributed by atoms with van der Waals surface area (Å²) in [5.41, 5.74) is 4.62. The molecular weight excluding hydrogens is 320 g/mol. The van der Waals surface area contributed by atoms with Gasteiger partial charge < -0.3 is 5.32 Å². The van der Waals surface area contributed by atoms with Crippen LogP contribution in [0.3, 0.4) is 0 Å². The van der Waals surface area contributed by atoms with Crippen LogP contribution in [0.4, 0.5) is 10.8 Å². The Balaban J connectivity index is 1.90. The summed E-state index contributed by atoms with van der Waals surface area (Å²) in [7, 11) is 0. The molecule has 2 heterocycles. The second-order valence-corrected chi connectivity index (χ2v) is 6.71. The minimum Gasteiger partial charge on any atom is -0.331 e. The standard InChI is InChI=1S/C18H20N4OS/c1-5-14-8-6-7-9-15(14)20-18-19-13(4)16(24-18)17(23)22-12(3)10-11(2)21-22/h6-10H,5H2,1-4H3,(H,19,20). The van der Waals surface area contributed by atoms with Gasteiger partial charge in [-0.1, -0.05) is 36.5 Å². The van der Waals surface area contributed by atoms with Crippen LogP contribution < -0.4 is 5.32 Å². The molecule has 0 atom stereocenters. The molecule has 0 spiro atoms. The van der Waals surface area contributed by atoms with Gasteiger partial charge in [0, 0.05) is 11.4 Å². The summed E-state index contributed by atoms with van der Waals surface area (Å²) in [4.78, 5) is 17.9. The molecule has 24 heavy (non-hydrogen) atoms. The van der Waals surface area contributed by atoms with Gasteiger partial charge in [0.15, 0.2) is 5.13 Å². The maximum absolute atomic E-state index is 12.7. The maximum atomic E-state index is 12.7. The molecule has 0 aliphatic rings. The first-order valence-electron chi connectivity index (χ1n) is 7.90. The van der Waals surface area contributed by atoms with Crippen LogP contribution >= 0.6 is 11.3 Å². The lowest BCUT2D eigenvalue weighted by atomic mass is 10.1. The van der Waals surface area contributed by atoms with Gasteiger partial charge in [0.25, 0.3) is 5.91 Å². The number of carbonyl (C=O) groups is 1. The number of benzene rings is 1. The van der Waals surface area contributed by atoms with E-state index in [-0.39, 0.29) is 5.91 Å². The third kappa shape index (κ3) is 3.10. The second-order valence-electron chi connectivity index (χ2n) is 5.71. The highest BCUT2D eigenvalue weighted by molar-refractivity contribution is 7.17. The van der Waals surface area contributed by atoms with E-state index in [9.17, 15) is 4.79 Å². The zero-order valence-electron chi connectivity index (χ0n) is 14.3. The largest absolute Gasteiger partial charge is 0.331 e. The number of hydrogen-bond donors (Lipinski definition) is 1. The van der Waals surface area contributed by atoms with Crippen molar-refractivity contribution < 1.29 is 4.79 Å². The average molecular weight is 340 g/mol. The van der Waals surface area contributed by atoms with Crippen molar-refractivity contribution in [2.75, 3.05) is 5.32 Å². The number of hydrogen-bond acceptors (Lipinski definition) is 5. The van der Waals surface area contributed by atoms with Crippen LogP contribution in [-0.2, 0) is 6.42 Å². The highest BCUT2D eigenvalue weighted by atomic mass is 32.1. The average Bonchev–Trinajstić information content (AvgIpc) is 3.09. The molecule has 0 fully saturated rings.